The van der Waals surface area contributed by atoms with E-state index in [1.54, 1.807) is 48.7 Å². The second-order valence-electron chi connectivity index (χ2n) is 14.8. The van der Waals surface area contributed by atoms with Gasteiger partial charge in [0.1, 0.15) is 24.3 Å². The highest BCUT2D eigenvalue weighted by molar-refractivity contribution is 5.93. The molecule has 0 bridgehead atoms. The van der Waals surface area contributed by atoms with Crippen molar-refractivity contribution in [3.05, 3.63) is 83.9 Å². The monoisotopic (exact) mass is 672 g/mol. The summed E-state index contributed by atoms with van der Waals surface area (Å²) in [6.07, 6.45) is 2.18. The first-order valence-corrected chi connectivity index (χ1v) is 17.0. The Balaban J connectivity index is 1.53. The summed E-state index contributed by atoms with van der Waals surface area (Å²) < 4.78 is 11.1. The maximum atomic E-state index is 14.5. The maximum absolute atomic E-state index is 14.5. The number of nitrogens with zero attached hydrogens (tertiary/aromatic N) is 2. The average molecular weight is 673 g/mol. The van der Waals surface area contributed by atoms with Crippen molar-refractivity contribution in [2.75, 3.05) is 33.9 Å². The molecule has 3 aromatic rings. The van der Waals surface area contributed by atoms with Crippen LogP contribution in [0.25, 0.3) is 10.8 Å². The summed E-state index contributed by atoms with van der Waals surface area (Å²) in [4.78, 5) is 56.9. The van der Waals surface area contributed by atoms with Crippen molar-refractivity contribution in [1.29, 1.82) is 0 Å². The van der Waals surface area contributed by atoms with Gasteiger partial charge in [-0.3, -0.25) is 14.4 Å². The highest BCUT2D eigenvalue weighted by Crippen LogP contribution is 2.28. The zero-order chi connectivity index (χ0) is 35.8. The number of ether oxygens (including phenoxy) is 2. The highest BCUT2D eigenvalue weighted by atomic mass is 16.6. The molecule has 1 saturated carbocycles. The Hall–Kier alpha value is -4.44. The van der Waals surface area contributed by atoms with E-state index in [2.05, 4.69) is 10.6 Å². The molecule has 0 radical (unpaired) electrons. The van der Waals surface area contributed by atoms with Crippen molar-refractivity contribution in [3.8, 4) is 0 Å². The molecule has 49 heavy (non-hydrogen) atoms. The van der Waals surface area contributed by atoms with E-state index in [1.807, 2.05) is 72.8 Å². The van der Waals surface area contributed by atoms with Gasteiger partial charge >= 0.3 is 6.09 Å². The normalized spacial score (nSPS) is 14.4. The lowest BCUT2D eigenvalue weighted by Crippen LogP contribution is -2.56. The number of hydrogen-bond acceptors (Lipinski definition) is 6. The lowest BCUT2D eigenvalue weighted by Gasteiger charge is -2.35. The van der Waals surface area contributed by atoms with Crippen molar-refractivity contribution in [3.63, 3.8) is 0 Å². The van der Waals surface area contributed by atoms with Gasteiger partial charge in [-0.2, -0.15) is 0 Å². The summed E-state index contributed by atoms with van der Waals surface area (Å²) in [5.41, 5.74) is 0.337. The largest absolute Gasteiger partial charge is 0.444 e. The minimum absolute atomic E-state index is 0.0370. The van der Waals surface area contributed by atoms with E-state index < -0.39 is 35.2 Å². The van der Waals surface area contributed by atoms with Crippen LogP contribution in [0.4, 0.5) is 4.79 Å². The minimum atomic E-state index is -0.912. The smallest absolute Gasteiger partial charge is 0.408 e. The lowest BCUT2D eigenvalue weighted by molar-refractivity contribution is -0.149. The van der Waals surface area contributed by atoms with Gasteiger partial charge in [-0.05, 0) is 75.3 Å². The van der Waals surface area contributed by atoms with Crippen LogP contribution < -0.4 is 10.6 Å². The number of rotatable bonds is 15. The van der Waals surface area contributed by atoms with Gasteiger partial charge in [-0.25, -0.2) is 4.79 Å². The van der Waals surface area contributed by atoms with E-state index in [0.717, 1.165) is 34.7 Å². The van der Waals surface area contributed by atoms with E-state index in [0.29, 0.717) is 18.9 Å². The molecule has 0 heterocycles. The predicted octanol–water partition coefficient (Wildman–Crippen LogP) is 5.13. The zero-order valence-electron chi connectivity index (χ0n) is 30.0. The number of fused-ring (bicyclic) bond motifs is 1. The molecule has 4 amide bonds. The van der Waals surface area contributed by atoms with Gasteiger partial charge in [0, 0.05) is 33.5 Å². The second-order valence-corrected chi connectivity index (χ2v) is 14.8. The first kappa shape index (κ1) is 37.4. The molecular weight excluding hydrogens is 620 g/mol. The molecule has 1 aliphatic carbocycles. The third-order valence-corrected chi connectivity index (χ3v) is 8.57. The van der Waals surface area contributed by atoms with Crippen LogP contribution in [0.5, 0.6) is 0 Å². The zero-order valence-corrected chi connectivity index (χ0v) is 30.0. The third-order valence-electron chi connectivity index (χ3n) is 8.57. The number of alkyl carbamates (subject to hydrolysis) is 1. The van der Waals surface area contributed by atoms with Crippen LogP contribution >= 0.6 is 0 Å². The van der Waals surface area contributed by atoms with E-state index in [9.17, 15) is 19.2 Å². The Morgan fingerprint density at radius 1 is 0.796 bits per heavy atom. The number of benzene rings is 3. The van der Waals surface area contributed by atoms with Crippen molar-refractivity contribution in [1.82, 2.24) is 20.4 Å². The van der Waals surface area contributed by atoms with E-state index in [1.165, 1.54) is 9.80 Å². The molecule has 0 spiro atoms. The number of likely N-dealkylation sites (N-methyl/N-ethyl adjacent to an activating group) is 2. The Morgan fingerprint density at radius 3 is 2.08 bits per heavy atom. The molecule has 0 aliphatic heterocycles. The van der Waals surface area contributed by atoms with Gasteiger partial charge in [-0.1, -0.05) is 72.8 Å². The SMILES string of the molecule is CN(C(=O)COCC(C)(C)NC(=O)OC(C)(C)C)C(Cc1ccc2ccccc2c1)C(=O)N(C)C(Cc1ccccc1)C(=O)NCC1CC1. The fraction of sp³-hybridized carbons (Fsp3) is 0.487. The molecule has 0 aromatic heterocycles. The summed E-state index contributed by atoms with van der Waals surface area (Å²) in [7, 11) is 3.23. The average Bonchev–Trinajstić information content (AvgIpc) is 3.88. The second kappa shape index (κ2) is 16.3. The number of nitrogens with one attached hydrogen (secondary N) is 2. The van der Waals surface area contributed by atoms with Crippen LogP contribution in [-0.2, 0) is 36.7 Å². The molecule has 1 fully saturated rings. The molecule has 2 atom stereocenters. The molecule has 2 unspecified atom stereocenters. The summed E-state index contributed by atoms with van der Waals surface area (Å²) in [5.74, 6) is -0.485. The Kier molecular flexibility index (Phi) is 12.4. The molecular formula is C39H52N4O6. The quantitative estimate of drug-likeness (QED) is 0.232. The lowest BCUT2D eigenvalue weighted by atomic mass is 9.98. The Labute approximate surface area is 290 Å². The number of carbonyl (C=O) groups is 4. The van der Waals surface area contributed by atoms with Crippen molar-refractivity contribution in [2.45, 2.75) is 83.5 Å². The van der Waals surface area contributed by atoms with Crippen LogP contribution in [0.2, 0.25) is 0 Å². The van der Waals surface area contributed by atoms with Gasteiger partial charge in [0.25, 0.3) is 0 Å². The molecule has 0 saturated heterocycles. The molecule has 3 aromatic carbocycles. The summed E-state index contributed by atoms with van der Waals surface area (Å²) in [6, 6.07) is 21.9. The summed E-state index contributed by atoms with van der Waals surface area (Å²) >= 11 is 0. The molecule has 10 nitrogen and oxygen atoms in total. The van der Waals surface area contributed by atoms with E-state index in [4.69, 9.17) is 9.47 Å². The van der Waals surface area contributed by atoms with E-state index >= 15 is 0 Å². The topological polar surface area (TPSA) is 117 Å². The van der Waals surface area contributed by atoms with Crippen molar-refractivity contribution in [2.24, 2.45) is 5.92 Å². The third kappa shape index (κ3) is 11.6. The van der Waals surface area contributed by atoms with E-state index in [-0.39, 0.29) is 31.4 Å². The minimum Gasteiger partial charge on any atom is -0.444 e. The molecule has 2 N–H and O–H groups in total. The van der Waals surface area contributed by atoms with Gasteiger partial charge in [0.05, 0.1) is 12.1 Å². The van der Waals surface area contributed by atoms with Crippen LogP contribution in [0, 0.1) is 5.92 Å². The maximum Gasteiger partial charge on any atom is 0.408 e. The number of carbonyl (C=O) groups excluding carboxylic acids is 4. The number of hydrogen-bond donors (Lipinski definition) is 2. The summed E-state index contributed by atoms with van der Waals surface area (Å²) in [6.45, 7) is 9.19. The Morgan fingerprint density at radius 2 is 1.43 bits per heavy atom. The van der Waals surface area contributed by atoms with Gasteiger partial charge in [0.2, 0.25) is 17.7 Å². The standard InChI is InChI=1S/C39H52N4O6/c1-38(2,3)49-37(47)41-39(4,5)26-48-25-34(44)42(6)33(23-29-19-20-30-15-11-12-16-31(30)21-29)36(46)43(7)32(22-27-13-9-8-10-14-27)35(45)40-24-28-17-18-28/h8-16,19-21,28,32-33H,17-18,22-26H2,1-7H3,(H,40,45)(H,41,47). The fourth-order valence-electron chi connectivity index (χ4n) is 5.58. The van der Waals surface area contributed by atoms with Gasteiger partial charge in [0.15, 0.2) is 0 Å². The molecule has 264 valence electrons. The fourth-order valence-corrected chi connectivity index (χ4v) is 5.58. The van der Waals surface area contributed by atoms with Crippen LogP contribution in [0.3, 0.4) is 0 Å². The molecule has 4 rings (SSSR count). The predicted molar refractivity (Wildman–Crippen MR) is 191 cm³/mol. The van der Waals surface area contributed by atoms with Crippen LogP contribution in [0.1, 0.15) is 58.6 Å². The first-order chi connectivity index (χ1) is 23.1. The first-order valence-electron chi connectivity index (χ1n) is 17.0. The van der Waals surface area contributed by atoms with Crippen molar-refractivity contribution >= 4 is 34.6 Å². The van der Waals surface area contributed by atoms with Gasteiger partial charge in [-0.15, -0.1) is 0 Å². The molecule has 10 heteroatoms. The molecule has 1 aliphatic rings. The van der Waals surface area contributed by atoms with Crippen molar-refractivity contribution < 1.29 is 28.7 Å². The van der Waals surface area contributed by atoms with Crippen LogP contribution in [-0.4, -0.2) is 90.7 Å². The summed E-state index contributed by atoms with van der Waals surface area (Å²) in [5, 5.41) is 7.93. The highest BCUT2D eigenvalue weighted by Gasteiger charge is 2.36. The number of amides is 4. The Bertz CT molecular complexity index is 1600. The van der Waals surface area contributed by atoms with Gasteiger partial charge < -0.3 is 29.9 Å². The van der Waals surface area contributed by atoms with Crippen LogP contribution in [0.15, 0.2) is 72.8 Å².